The topological polar surface area (TPSA) is 60.3 Å². The first-order chi connectivity index (χ1) is 8.60. The predicted molar refractivity (Wildman–Crippen MR) is 67.0 cm³/mol. The van der Waals surface area contributed by atoms with E-state index in [-0.39, 0.29) is 19.0 Å². The van der Waals surface area contributed by atoms with Crippen molar-refractivity contribution in [3.63, 3.8) is 0 Å². The Bertz CT molecular complexity index is 483. The van der Waals surface area contributed by atoms with Gasteiger partial charge in [-0.2, -0.15) is 0 Å². The standard InChI is InChI=1S/C13H16N2O3/c1-4-7-14-11(16)9-15-8-6-10(3)12(15)13(17)18-5-2/h1,6,8H,5,7,9H2,2-3H3,(H,14,16). The third-order valence-corrected chi connectivity index (χ3v) is 2.34. The van der Waals surface area contributed by atoms with Gasteiger partial charge in [0.25, 0.3) is 0 Å². The lowest BCUT2D eigenvalue weighted by atomic mass is 10.3. The number of hydrogen-bond acceptors (Lipinski definition) is 3. The average Bonchev–Trinajstić information content (AvgIpc) is 2.68. The van der Waals surface area contributed by atoms with Gasteiger partial charge in [0, 0.05) is 6.20 Å². The monoisotopic (exact) mass is 248 g/mol. The maximum Gasteiger partial charge on any atom is 0.355 e. The van der Waals surface area contributed by atoms with Crippen molar-refractivity contribution in [3.8, 4) is 12.3 Å². The third kappa shape index (κ3) is 3.39. The molecule has 0 aromatic carbocycles. The van der Waals surface area contributed by atoms with Crippen LogP contribution in [0.4, 0.5) is 0 Å². The lowest BCUT2D eigenvalue weighted by Gasteiger charge is -2.09. The molecule has 1 amide bonds. The van der Waals surface area contributed by atoms with Crippen molar-refractivity contribution in [1.82, 2.24) is 9.88 Å². The van der Waals surface area contributed by atoms with Gasteiger partial charge in [0.15, 0.2) is 0 Å². The summed E-state index contributed by atoms with van der Waals surface area (Å²) in [5.74, 6) is 1.65. The summed E-state index contributed by atoms with van der Waals surface area (Å²) in [5, 5.41) is 2.54. The summed E-state index contributed by atoms with van der Waals surface area (Å²) in [6, 6.07) is 1.76. The molecule has 1 rings (SSSR count). The van der Waals surface area contributed by atoms with Crippen LogP contribution in [0.5, 0.6) is 0 Å². The highest BCUT2D eigenvalue weighted by atomic mass is 16.5. The van der Waals surface area contributed by atoms with Crippen LogP contribution in [0.2, 0.25) is 0 Å². The van der Waals surface area contributed by atoms with Gasteiger partial charge in [-0.05, 0) is 25.5 Å². The SMILES string of the molecule is C#CCNC(=O)Cn1ccc(C)c1C(=O)OCC. The van der Waals surface area contributed by atoms with Crippen LogP contribution in [-0.2, 0) is 16.1 Å². The normalized spacial score (nSPS) is 9.61. The molecular formula is C13H16N2O3. The summed E-state index contributed by atoms with van der Waals surface area (Å²) < 4.78 is 6.50. The number of rotatable bonds is 5. The van der Waals surface area contributed by atoms with Crippen molar-refractivity contribution < 1.29 is 14.3 Å². The van der Waals surface area contributed by atoms with Crippen molar-refractivity contribution in [3.05, 3.63) is 23.5 Å². The molecule has 5 heteroatoms. The predicted octanol–water partition coefficient (Wildman–Crippen LogP) is 0.723. The van der Waals surface area contributed by atoms with E-state index in [9.17, 15) is 9.59 Å². The number of nitrogens with zero attached hydrogens (tertiary/aromatic N) is 1. The van der Waals surface area contributed by atoms with Crippen LogP contribution in [-0.4, -0.2) is 29.6 Å². The van der Waals surface area contributed by atoms with Crippen molar-refractivity contribution >= 4 is 11.9 Å². The molecule has 96 valence electrons. The van der Waals surface area contributed by atoms with E-state index in [1.165, 1.54) is 0 Å². The molecule has 0 unspecified atom stereocenters. The van der Waals surface area contributed by atoms with E-state index < -0.39 is 5.97 Å². The summed E-state index contributed by atoms with van der Waals surface area (Å²) in [5.41, 5.74) is 1.17. The number of aryl methyl sites for hydroxylation is 1. The van der Waals surface area contributed by atoms with Gasteiger partial charge in [-0.1, -0.05) is 5.92 Å². The molecule has 1 N–H and O–H groups in total. The van der Waals surface area contributed by atoms with Crippen LogP contribution in [0.15, 0.2) is 12.3 Å². The molecule has 0 saturated carbocycles. The number of ether oxygens (including phenoxy) is 1. The summed E-state index contributed by atoms with van der Waals surface area (Å²) in [7, 11) is 0. The van der Waals surface area contributed by atoms with Crippen LogP contribution in [0, 0.1) is 19.3 Å². The van der Waals surface area contributed by atoms with Crippen molar-refractivity contribution in [1.29, 1.82) is 0 Å². The lowest BCUT2D eigenvalue weighted by Crippen LogP contribution is -2.29. The van der Waals surface area contributed by atoms with Gasteiger partial charge in [-0.3, -0.25) is 4.79 Å². The molecule has 1 heterocycles. The number of hydrogen-bond donors (Lipinski definition) is 1. The van der Waals surface area contributed by atoms with Crippen molar-refractivity contribution in [2.75, 3.05) is 13.2 Å². The maximum atomic E-state index is 11.7. The highest BCUT2D eigenvalue weighted by molar-refractivity contribution is 5.90. The molecule has 1 aromatic heterocycles. The van der Waals surface area contributed by atoms with Gasteiger partial charge in [-0.15, -0.1) is 6.42 Å². The average molecular weight is 248 g/mol. The Hall–Kier alpha value is -2.22. The Balaban J connectivity index is 2.81. The zero-order valence-corrected chi connectivity index (χ0v) is 10.5. The molecule has 0 bridgehead atoms. The summed E-state index contributed by atoms with van der Waals surface area (Å²) >= 11 is 0. The fraction of sp³-hybridized carbons (Fsp3) is 0.385. The second kappa shape index (κ2) is 6.50. The number of aromatic nitrogens is 1. The Morgan fingerprint density at radius 3 is 2.89 bits per heavy atom. The van der Waals surface area contributed by atoms with Crippen molar-refractivity contribution in [2.24, 2.45) is 0 Å². The van der Waals surface area contributed by atoms with Gasteiger partial charge in [-0.25, -0.2) is 4.79 Å². The Kier molecular flexibility index (Phi) is 5.00. The molecule has 0 aliphatic carbocycles. The second-order valence-electron chi connectivity index (χ2n) is 3.68. The van der Waals surface area contributed by atoms with Crippen LogP contribution in [0.25, 0.3) is 0 Å². The van der Waals surface area contributed by atoms with Crippen LogP contribution in [0.1, 0.15) is 23.0 Å². The van der Waals surface area contributed by atoms with Crippen LogP contribution < -0.4 is 5.32 Å². The van der Waals surface area contributed by atoms with E-state index in [1.807, 2.05) is 0 Å². The minimum Gasteiger partial charge on any atom is -0.461 e. The molecule has 0 radical (unpaired) electrons. The highest BCUT2D eigenvalue weighted by Gasteiger charge is 2.17. The van der Waals surface area contributed by atoms with Gasteiger partial charge in [0.1, 0.15) is 12.2 Å². The van der Waals surface area contributed by atoms with Crippen LogP contribution in [0.3, 0.4) is 0 Å². The van der Waals surface area contributed by atoms with Crippen LogP contribution >= 0.6 is 0 Å². The molecule has 0 spiro atoms. The Morgan fingerprint density at radius 1 is 1.56 bits per heavy atom. The van der Waals surface area contributed by atoms with E-state index in [0.29, 0.717) is 12.3 Å². The number of esters is 1. The molecule has 0 saturated heterocycles. The first-order valence-corrected chi connectivity index (χ1v) is 5.63. The molecular weight excluding hydrogens is 232 g/mol. The van der Waals surface area contributed by atoms with Gasteiger partial charge < -0.3 is 14.6 Å². The quantitative estimate of drug-likeness (QED) is 0.617. The van der Waals surface area contributed by atoms with Gasteiger partial charge in [0.2, 0.25) is 5.91 Å². The second-order valence-corrected chi connectivity index (χ2v) is 3.68. The Morgan fingerprint density at radius 2 is 2.28 bits per heavy atom. The zero-order valence-electron chi connectivity index (χ0n) is 10.5. The molecule has 0 fully saturated rings. The maximum absolute atomic E-state index is 11.7. The van der Waals surface area contributed by atoms with E-state index >= 15 is 0 Å². The first kappa shape index (κ1) is 13.8. The first-order valence-electron chi connectivity index (χ1n) is 5.63. The summed E-state index contributed by atoms with van der Waals surface area (Å²) in [6.45, 7) is 4.05. The Labute approximate surface area is 106 Å². The fourth-order valence-corrected chi connectivity index (χ4v) is 1.55. The zero-order chi connectivity index (χ0) is 13.5. The third-order valence-electron chi connectivity index (χ3n) is 2.34. The molecule has 0 atom stereocenters. The van der Waals surface area contributed by atoms with E-state index in [1.54, 1.807) is 30.7 Å². The molecule has 18 heavy (non-hydrogen) atoms. The van der Waals surface area contributed by atoms with Gasteiger partial charge >= 0.3 is 5.97 Å². The molecule has 0 aliphatic rings. The van der Waals surface area contributed by atoms with E-state index in [2.05, 4.69) is 11.2 Å². The molecule has 0 aliphatic heterocycles. The number of carbonyl (C=O) groups excluding carboxylic acids is 2. The van der Waals surface area contributed by atoms with Gasteiger partial charge in [0.05, 0.1) is 13.2 Å². The highest BCUT2D eigenvalue weighted by Crippen LogP contribution is 2.11. The number of amides is 1. The number of nitrogens with one attached hydrogen (secondary N) is 1. The molecule has 5 nitrogen and oxygen atoms in total. The largest absolute Gasteiger partial charge is 0.461 e. The number of terminal acetylenes is 1. The number of carbonyl (C=O) groups is 2. The van der Waals surface area contributed by atoms with E-state index in [0.717, 1.165) is 5.56 Å². The minimum absolute atomic E-state index is 0.0453. The summed E-state index contributed by atoms with van der Waals surface area (Å²) in [4.78, 5) is 23.3. The lowest BCUT2D eigenvalue weighted by molar-refractivity contribution is -0.121. The smallest absolute Gasteiger partial charge is 0.355 e. The minimum atomic E-state index is -0.426. The van der Waals surface area contributed by atoms with E-state index in [4.69, 9.17) is 11.2 Å². The van der Waals surface area contributed by atoms with Crippen molar-refractivity contribution in [2.45, 2.75) is 20.4 Å². The molecule has 1 aromatic rings. The summed E-state index contributed by atoms with van der Waals surface area (Å²) in [6.07, 6.45) is 6.72. The fourth-order valence-electron chi connectivity index (χ4n) is 1.55.